The first-order valence-electron chi connectivity index (χ1n) is 11.8. The molecule has 0 spiro atoms. The number of aliphatic hydroxyl groups excluding tert-OH is 1. The van der Waals surface area contributed by atoms with Crippen LogP contribution in [0.4, 0.5) is 5.69 Å². The SMILES string of the molecule is C[C@H]1CN([C@@H](C)CO)C(=O)c2cc(NS(C)(=O)=O)ccc2O[C@H]1CN(C)Cc1ccc2c(c1)OCO2. The molecule has 0 unspecified atom stereocenters. The lowest BCUT2D eigenvalue weighted by Crippen LogP contribution is -2.49. The van der Waals surface area contributed by atoms with Crippen molar-refractivity contribution in [3.8, 4) is 17.2 Å². The van der Waals surface area contributed by atoms with E-state index in [0.29, 0.717) is 25.4 Å². The molecule has 2 aliphatic rings. The molecule has 4 rings (SSSR count). The van der Waals surface area contributed by atoms with Gasteiger partial charge in [-0.05, 0) is 49.9 Å². The van der Waals surface area contributed by atoms with Crippen LogP contribution in [0.2, 0.25) is 0 Å². The van der Waals surface area contributed by atoms with Gasteiger partial charge in [-0.25, -0.2) is 8.42 Å². The third-order valence-corrected chi connectivity index (χ3v) is 6.96. The number of fused-ring (bicyclic) bond motifs is 2. The number of anilines is 1. The van der Waals surface area contributed by atoms with Crippen LogP contribution in [-0.4, -0.2) is 81.2 Å². The van der Waals surface area contributed by atoms with Gasteiger partial charge in [0.1, 0.15) is 11.9 Å². The van der Waals surface area contributed by atoms with Gasteiger partial charge in [-0.2, -0.15) is 0 Å². The zero-order valence-electron chi connectivity index (χ0n) is 20.9. The lowest BCUT2D eigenvalue weighted by Gasteiger charge is -2.38. The molecular formula is C25H33N3O7S. The van der Waals surface area contributed by atoms with Crippen LogP contribution in [0.15, 0.2) is 36.4 Å². The summed E-state index contributed by atoms with van der Waals surface area (Å²) in [6, 6.07) is 10.1. The van der Waals surface area contributed by atoms with E-state index in [4.69, 9.17) is 14.2 Å². The predicted octanol–water partition coefficient (Wildman–Crippen LogP) is 2.14. The molecule has 36 heavy (non-hydrogen) atoms. The Morgan fingerprint density at radius 2 is 1.89 bits per heavy atom. The molecule has 11 heteroatoms. The molecule has 0 bridgehead atoms. The van der Waals surface area contributed by atoms with E-state index in [9.17, 15) is 18.3 Å². The van der Waals surface area contributed by atoms with Gasteiger partial charge in [0.25, 0.3) is 5.91 Å². The summed E-state index contributed by atoms with van der Waals surface area (Å²) in [6.45, 7) is 5.46. The van der Waals surface area contributed by atoms with Crippen molar-refractivity contribution in [3.63, 3.8) is 0 Å². The third-order valence-electron chi connectivity index (χ3n) is 6.35. The zero-order chi connectivity index (χ0) is 26.0. The number of carbonyl (C=O) groups excluding carboxylic acids is 1. The summed E-state index contributed by atoms with van der Waals surface area (Å²) in [6.07, 6.45) is 0.786. The second-order valence-corrected chi connectivity index (χ2v) is 11.3. The first-order chi connectivity index (χ1) is 17.0. The van der Waals surface area contributed by atoms with E-state index in [0.717, 1.165) is 23.3 Å². The smallest absolute Gasteiger partial charge is 0.258 e. The number of carbonyl (C=O) groups is 1. The molecule has 0 saturated heterocycles. The average molecular weight is 520 g/mol. The third kappa shape index (κ3) is 6.03. The van der Waals surface area contributed by atoms with Crippen molar-refractivity contribution in [1.82, 2.24) is 9.80 Å². The fourth-order valence-electron chi connectivity index (χ4n) is 4.44. The largest absolute Gasteiger partial charge is 0.488 e. The minimum Gasteiger partial charge on any atom is -0.488 e. The molecule has 2 heterocycles. The molecule has 3 atom stereocenters. The van der Waals surface area contributed by atoms with Gasteiger partial charge < -0.3 is 24.2 Å². The van der Waals surface area contributed by atoms with Gasteiger partial charge in [0.2, 0.25) is 16.8 Å². The van der Waals surface area contributed by atoms with E-state index in [-0.39, 0.29) is 42.6 Å². The highest BCUT2D eigenvalue weighted by Gasteiger charge is 2.33. The van der Waals surface area contributed by atoms with Crippen LogP contribution >= 0.6 is 0 Å². The summed E-state index contributed by atoms with van der Waals surface area (Å²) < 4.78 is 43.1. The van der Waals surface area contributed by atoms with E-state index < -0.39 is 16.1 Å². The maximum absolute atomic E-state index is 13.4. The molecule has 1 amide bonds. The lowest BCUT2D eigenvalue weighted by molar-refractivity contribution is 0.0341. The van der Waals surface area contributed by atoms with Crippen LogP contribution in [0, 0.1) is 5.92 Å². The summed E-state index contributed by atoms with van der Waals surface area (Å²) in [7, 11) is -1.52. The van der Waals surface area contributed by atoms with Crippen molar-refractivity contribution in [1.29, 1.82) is 0 Å². The Kier molecular flexibility index (Phi) is 7.62. The topological polar surface area (TPSA) is 118 Å². The van der Waals surface area contributed by atoms with Crippen LogP contribution in [0.25, 0.3) is 0 Å². The number of ether oxygens (including phenoxy) is 3. The van der Waals surface area contributed by atoms with Crippen molar-refractivity contribution in [2.45, 2.75) is 32.5 Å². The van der Waals surface area contributed by atoms with E-state index in [1.807, 2.05) is 32.2 Å². The molecule has 10 nitrogen and oxygen atoms in total. The van der Waals surface area contributed by atoms with Gasteiger partial charge in [-0.1, -0.05) is 13.0 Å². The van der Waals surface area contributed by atoms with Crippen molar-refractivity contribution in [3.05, 3.63) is 47.5 Å². The van der Waals surface area contributed by atoms with Crippen molar-refractivity contribution >= 4 is 21.6 Å². The summed E-state index contributed by atoms with van der Waals surface area (Å²) in [5.74, 6) is 1.49. The fraction of sp³-hybridized carbons (Fsp3) is 0.480. The normalized spacial score (nSPS) is 20.4. The Morgan fingerprint density at radius 1 is 1.17 bits per heavy atom. The number of hydrogen-bond donors (Lipinski definition) is 2. The second kappa shape index (κ2) is 10.5. The number of benzene rings is 2. The Bertz CT molecular complexity index is 1220. The maximum Gasteiger partial charge on any atom is 0.258 e. The number of likely N-dealkylation sites (N-methyl/N-ethyl adjacent to an activating group) is 1. The zero-order valence-corrected chi connectivity index (χ0v) is 21.7. The lowest BCUT2D eigenvalue weighted by atomic mass is 9.99. The molecule has 2 aliphatic heterocycles. The molecule has 2 aromatic carbocycles. The minimum atomic E-state index is -3.52. The Morgan fingerprint density at radius 3 is 2.61 bits per heavy atom. The first kappa shape index (κ1) is 26.1. The Hall–Kier alpha value is -3.02. The van der Waals surface area contributed by atoms with Gasteiger partial charge in [0.05, 0.1) is 24.5 Å². The first-order valence-corrected chi connectivity index (χ1v) is 13.7. The van der Waals surface area contributed by atoms with Crippen molar-refractivity contribution in [2.75, 3.05) is 44.5 Å². The van der Waals surface area contributed by atoms with Crippen LogP contribution in [0.1, 0.15) is 29.8 Å². The van der Waals surface area contributed by atoms with Crippen LogP contribution in [0.3, 0.4) is 0 Å². The highest BCUT2D eigenvalue weighted by Crippen LogP contribution is 2.33. The highest BCUT2D eigenvalue weighted by molar-refractivity contribution is 7.92. The molecule has 2 N–H and O–H groups in total. The number of hydrogen-bond acceptors (Lipinski definition) is 8. The fourth-order valence-corrected chi connectivity index (χ4v) is 5.00. The van der Waals surface area contributed by atoms with E-state index in [1.54, 1.807) is 24.0 Å². The molecule has 0 fully saturated rings. The molecule has 196 valence electrons. The number of sulfonamides is 1. The molecule has 0 saturated carbocycles. The molecule has 0 aromatic heterocycles. The number of rotatable bonds is 8. The summed E-state index contributed by atoms with van der Waals surface area (Å²) in [5.41, 5.74) is 1.59. The van der Waals surface area contributed by atoms with Gasteiger partial charge in [-0.3, -0.25) is 14.4 Å². The van der Waals surface area contributed by atoms with E-state index >= 15 is 0 Å². The molecule has 0 aliphatic carbocycles. The molecular weight excluding hydrogens is 486 g/mol. The van der Waals surface area contributed by atoms with Gasteiger partial charge in [0.15, 0.2) is 11.5 Å². The van der Waals surface area contributed by atoms with Gasteiger partial charge in [-0.15, -0.1) is 0 Å². The number of nitrogens with zero attached hydrogens (tertiary/aromatic N) is 2. The standard InChI is InChI=1S/C25H33N3O7S/c1-16-11-28(17(2)14-29)25(30)20-10-19(26-36(4,31)32)6-8-21(20)35-24(16)13-27(3)12-18-5-7-22-23(9-18)34-15-33-22/h5-10,16-17,24,26,29H,11-15H2,1-4H3/t16-,17-,24-/m0/s1. The quantitative estimate of drug-likeness (QED) is 0.545. The van der Waals surface area contributed by atoms with Crippen LogP contribution in [-0.2, 0) is 16.6 Å². The van der Waals surface area contributed by atoms with Crippen LogP contribution < -0.4 is 18.9 Å². The number of aliphatic hydroxyl groups is 1. The van der Waals surface area contributed by atoms with E-state index in [1.165, 1.54) is 6.07 Å². The maximum atomic E-state index is 13.4. The number of nitrogens with one attached hydrogen (secondary N) is 1. The van der Waals surface area contributed by atoms with Gasteiger partial charge in [0, 0.05) is 31.2 Å². The summed E-state index contributed by atoms with van der Waals surface area (Å²) in [4.78, 5) is 17.2. The monoisotopic (exact) mass is 519 g/mol. The highest BCUT2D eigenvalue weighted by atomic mass is 32.2. The van der Waals surface area contributed by atoms with Crippen molar-refractivity contribution in [2.24, 2.45) is 5.92 Å². The summed E-state index contributed by atoms with van der Waals surface area (Å²) in [5, 5.41) is 9.81. The summed E-state index contributed by atoms with van der Waals surface area (Å²) >= 11 is 0. The molecule has 2 aromatic rings. The average Bonchev–Trinajstić information content (AvgIpc) is 3.28. The second-order valence-electron chi connectivity index (χ2n) is 9.59. The number of amides is 1. The van der Waals surface area contributed by atoms with Crippen LogP contribution in [0.5, 0.6) is 17.2 Å². The molecule has 0 radical (unpaired) electrons. The van der Waals surface area contributed by atoms with Gasteiger partial charge >= 0.3 is 0 Å². The van der Waals surface area contributed by atoms with Crippen molar-refractivity contribution < 1.29 is 32.5 Å². The minimum absolute atomic E-state index is 0.0378. The predicted molar refractivity (Wildman–Crippen MR) is 135 cm³/mol. The van der Waals surface area contributed by atoms with E-state index in [2.05, 4.69) is 9.62 Å². The Balaban J connectivity index is 1.58. The Labute approximate surface area is 211 Å².